The minimum absolute atomic E-state index is 0.177. The number of phenolic OH excluding ortho intramolecular Hbond substituents is 1. The van der Waals surface area contributed by atoms with Crippen LogP contribution >= 0.6 is 15.9 Å². The van der Waals surface area contributed by atoms with Crippen LogP contribution in [0.15, 0.2) is 52.0 Å². The Hall–Kier alpha value is -2.34. The summed E-state index contributed by atoms with van der Waals surface area (Å²) < 4.78 is 5.74. The van der Waals surface area contributed by atoms with Crippen LogP contribution < -0.4 is 10.2 Å². The molecule has 0 unspecified atom stereocenters. The van der Waals surface area contributed by atoms with E-state index in [9.17, 15) is 4.79 Å². The molecular weight excluding hydrogens is 336 g/mol. The molecule has 6 heteroatoms. The van der Waals surface area contributed by atoms with Crippen LogP contribution in [0.3, 0.4) is 0 Å². The number of carbonyl (C=O) groups is 1. The zero-order valence-corrected chi connectivity index (χ0v) is 12.8. The van der Waals surface area contributed by atoms with Gasteiger partial charge in [0, 0.05) is 4.47 Å². The largest absolute Gasteiger partial charge is 0.508 e. The number of carbonyl (C=O) groups excluding carboxylic acids is 1. The molecule has 0 heterocycles. The number of aromatic hydroxyl groups is 1. The number of benzene rings is 2. The summed E-state index contributed by atoms with van der Waals surface area (Å²) in [6.45, 7) is 0. The quantitative estimate of drug-likeness (QED) is 0.659. The van der Waals surface area contributed by atoms with Gasteiger partial charge in [0.25, 0.3) is 5.91 Å². The van der Waals surface area contributed by atoms with Gasteiger partial charge >= 0.3 is 0 Å². The number of methoxy groups -OCH3 is 1. The lowest BCUT2D eigenvalue weighted by Crippen LogP contribution is -2.18. The Balaban J connectivity index is 2.06. The number of nitrogens with zero attached hydrogens (tertiary/aromatic N) is 1. The Bertz CT molecular complexity index is 669. The fourth-order valence-corrected chi connectivity index (χ4v) is 2.02. The van der Waals surface area contributed by atoms with Crippen LogP contribution in [0.2, 0.25) is 0 Å². The average Bonchev–Trinajstić information content (AvgIpc) is 2.49. The third-order valence-electron chi connectivity index (χ3n) is 2.69. The number of hydrogen-bond acceptors (Lipinski definition) is 4. The second-order valence-electron chi connectivity index (χ2n) is 4.14. The highest BCUT2D eigenvalue weighted by Gasteiger charge is 2.10. The van der Waals surface area contributed by atoms with Gasteiger partial charge in [-0.2, -0.15) is 5.10 Å². The highest BCUT2D eigenvalue weighted by molar-refractivity contribution is 9.10. The number of halogens is 1. The summed E-state index contributed by atoms with van der Waals surface area (Å²) in [6, 6.07) is 11.6. The van der Waals surface area contributed by atoms with E-state index >= 15 is 0 Å². The maximum atomic E-state index is 12.0. The summed E-state index contributed by atoms with van der Waals surface area (Å²) in [7, 11) is 1.54. The maximum Gasteiger partial charge on any atom is 0.272 e. The lowest BCUT2D eigenvalue weighted by atomic mass is 10.2. The molecule has 1 amide bonds. The number of ether oxygens (including phenoxy) is 1. The first-order chi connectivity index (χ1) is 10.1. The van der Waals surface area contributed by atoms with Crippen LogP contribution in [-0.2, 0) is 0 Å². The molecule has 0 atom stereocenters. The van der Waals surface area contributed by atoms with Crippen molar-refractivity contribution in [3.8, 4) is 11.5 Å². The van der Waals surface area contributed by atoms with Crippen molar-refractivity contribution in [2.75, 3.05) is 7.11 Å². The number of hydrogen-bond donors (Lipinski definition) is 2. The molecule has 2 rings (SSSR count). The maximum absolute atomic E-state index is 12.0. The second kappa shape index (κ2) is 6.90. The van der Waals surface area contributed by atoms with Crippen molar-refractivity contribution in [3.63, 3.8) is 0 Å². The van der Waals surface area contributed by atoms with Gasteiger partial charge in [-0.3, -0.25) is 4.79 Å². The Morgan fingerprint density at radius 3 is 2.67 bits per heavy atom. The number of hydrazone groups is 1. The van der Waals surface area contributed by atoms with E-state index in [1.54, 1.807) is 42.5 Å². The van der Waals surface area contributed by atoms with E-state index in [1.165, 1.54) is 13.3 Å². The molecule has 0 saturated carbocycles. The van der Waals surface area contributed by atoms with Crippen LogP contribution in [0.1, 0.15) is 15.9 Å². The molecule has 0 radical (unpaired) electrons. The summed E-state index contributed by atoms with van der Waals surface area (Å²) in [6.07, 6.45) is 1.49. The molecule has 2 aromatic rings. The summed E-state index contributed by atoms with van der Waals surface area (Å²) >= 11 is 3.31. The number of nitrogens with one attached hydrogen (secondary N) is 1. The fourth-order valence-electron chi connectivity index (χ4n) is 1.59. The molecule has 0 bridgehead atoms. The van der Waals surface area contributed by atoms with Gasteiger partial charge < -0.3 is 9.84 Å². The Morgan fingerprint density at radius 1 is 1.29 bits per heavy atom. The molecule has 0 aromatic heterocycles. The second-order valence-corrected chi connectivity index (χ2v) is 4.99. The third-order valence-corrected chi connectivity index (χ3v) is 3.38. The van der Waals surface area contributed by atoms with Crippen molar-refractivity contribution in [2.24, 2.45) is 5.10 Å². The highest BCUT2D eigenvalue weighted by Crippen LogP contribution is 2.22. The smallest absolute Gasteiger partial charge is 0.272 e. The third kappa shape index (κ3) is 4.06. The van der Waals surface area contributed by atoms with Crippen LogP contribution in [0, 0.1) is 0 Å². The molecule has 5 nitrogen and oxygen atoms in total. The van der Waals surface area contributed by atoms with Crippen molar-refractivity contribution in [2.45, 2.75) is 0 Å². The van der Waals surface area contributed by atoms with E-state index in [4.69, 9.17) is 9.84 Å². The molecule has 0 aliphatic carbocycles. The first-order valence-corrected chi connectivity index (χ1v) is 6.85. The predicted molar refractivity (Wildman–Crippen MR) is 83.9 cm³/mol. The first-order valence-electron chi connectivity index (χ1n) is 6.06. The summed E-state index contributed by atoms with van der Waals surface area (Å²) in [5.74, 6) is 0.415. The van der Waals surface area contributed by atoms with Crippen molar-refractivity contribution in [1.82, 2.24) is 5.43 Å². The minimum Gasteiger partial charge on any atom is -0.508 e. The molecule has 0 saturated heterocycles. The Morgan fingerprint density at radius 2 is 2.00 bits per heavy atom. The van der Waals surface area contributed by atoms with Gasteiger partial charge in [-0.15, -0.1) is 0 Å². The monoisotopic (exact) mass is 348 g/mol. The normalized spacial score (nSPS) is 10.6. The molecule has 21 heavy (non-hydrogen) atoms. The van der Waals surface area contributed by atoms with Gasteiger partial charge in [0.1, 0.15) is 11.5 Å². The molecule has 2 N–H and O–H groups in total. The molecule has 0 aliphatic rings. The average molecular weight is 349 g/mol. The molecule has 108 valence electrons. The fraction of sp³-hybridized carbons (Fsp3) is 0.0667. The Kier molecular flexibility index (Phi) is 4.94. The SMILES string of the molecule is COc1ccc(Br)c(C(=O)N/N=C/c2ccc(O)cc2)c1. The molecule has 2 aromatic carbocycles. The van der Waals surface area contributed by atoms with Gasteiger partial charge in [0.05, 0.1) is 18.9 Å². The van der Waals surface area contributed by atoms with E-state index < -0.39 is 0 Å². The van der Waals surface area contributed by atoms with Crippen molar-refractivity contribution < 1.29 is 14.6 Å². The van der Waals surface area contributed by atoms with E-state index in [-0.39, 0.29) is 11.7 Å². The first kappa shape index (κ1) is 15.1. The van der Waals surface area contributed by atoms with Gasteiger partial charge in [-0.1, -0.05) is 0 Å². The minimum atomic E-state index is -0.351. The van der Waals surface area contributed by atoms with E-state index in [0.717, 1.165) is 5.56 Å². The Labute approximate surface area is 130 Å². The highest BCUT2D eigenvalue weighted by atomic mass is 79.9. The molecular formula is C15H13BrN2O3. The van der Waals surface area contributed by atoms with Crippen LogP contribution in [0.4, 0.5) is 0 Å². The predicted octanol–water partition coefficient (Wildman–Crippen LogP) is 2.93. The van der Waals surface area contributed by atoms with Crippen LogP contribution in [0.25, 0.3) is 0 Å². The van der Waals surface area contributed by atoms with E-state index in [0.29, 0.717) is 15.8 Å². The molecule has 0 fully saturated rings. The van der Waals surface area contributed by atoms with Crippen LogP contribution in [0.5, 0.6) is 11.5 Å². The zero-order valence-electron chi connectivity index (χ0n) is 11.2. The summed E-state index contributed by atoms with van der Waals surface area (Å²) in [5.41, 5.74) is 3.63. The number of rotatable bonds is 4. The van der Waals surface area contributed by atoms with E-state index in [2.05, 4.69) is 26.5 Å². The molecule has 0 aliphatic heterocycles. The molecule has 0 spiro atoms. The number of phenols is 1. The van der Waals surface area contributed by atoms with Crippen LogP contribution in [-0.4, -0.2) is 24.3 Å². The zero-order chi connectivity index (χ0) is 15.2. The topological polar surface area (TPSA) is 70.9 Å². The lowest BCUT2D eigenvalue weighted by molar-refractivity contribution is 0.0954. The van der Waals surface area contributed by atoms with Crippen molar-refractivity contribution in [1.29, 1.82) is 0 Å². The number of amides is 1. The summed E-state index contributed by atoms with van der Waals surface area (Å²) in [5, 5.41) is 13.0. The van der Waals surface area contributed by atoms with Gasteiger partial charge in [0.2, 0.25) is 0 Å². The van der Waals surface area contributed by atoms with Crippen molar-refractivity contribution >= 4 is 28.1 Å². The standard InChI is InChI=1S/C15H13BrN2O3/c1-21-12-6-7-14(16)13(8-12)15(20)18-17-9-10-2-4-11(19)5-3-10/h2-9,19H,1H3,(H,18,20)/b17-9+. The van der Waals surface area contributed by atoms with Gasteiger partial charge in [-0.05, 0) is 64.0 Å². The van der Waals surface area contributed by atoms with Crippen molar-refractivity contribution in [3.05, 3.63) is 58.1 Å². The lowest BCUT2D eigenvalue weighted by Gasteiger charge is -2.05. The van der Waals surface area contributed by atoms with Gasteiger partial charge in [0.15, 0.2) is 0 Å². The summed E-state index contributed by atoms with van der Waals surface area (Å²) in [4.78, 5) is 12.0. The van der Waals surface area contributed by atoms with E-state index in [1.807, 2.05) is 0 Å². The van der Waals surface area contributed by atoms with Gasteiger partial charge in [-0.25, -0.2) is 5.43 Å².